The molecule has 21 heavy (non-hydrogen) atoms. The molecular weight excluding hydrogens is 264 g/mol. The molecule has 0 aliphatic carbocycles. The highest BCUT2D eigenvalue weighted by Crippen LogP contribution is 2.28. The van der Waals surface area contributed by atoms with E-state index in [4.69, 9.17) is 0 Å². The van der Waals surface area contributed by atoms with Crippen LogP contribution in [0.15, 0.2) is 30.3 Å². The number of nitrogens with zero attached hydrogens (tertiary/aromatic N) is 3. The van der Waals surface area contributed by atoms with E-state index in [-0.39, 0.29) is 11.8 Å². The molecule has 1 amide bonds. The molecular formula is C16H16N4O. The minimum Gasteiger partial charge on any atom is -0.359 e. The maximum atomic E-state index is 11.7. The van der Waals surface area contributed by atoms with Crippen LogP contribution in [0.25, 0.3) is 10.9 Å². The minimum atomic E-state index is -0.0326. The van der Waals surface area contributed by atoms with Gasteiger partial charge in [-0.2, -0.15) is 5.26 Å². The largest absolute Gasteiger partial charge is 0.359 e. The van der Waals surface area contributed by atoms with Crippen LogP contribution in [0.1, 0.15) is 12.0 Å². The molecule has 1 aliphatic rings. The number of nitriles is 1. The third-order valence-corrected chi connectivity index (χ3v) is 3.93. The van der Waals surface area contributed by atoms with Gasteiger partial charge in [-0.05, 0) is 18.6 Å². The summed E-state index contributed by atoms with van der Waals surface area (Å²) in [5.74, 6) is 0.703. The summed E-state index contributed by atoms with van der Waals surface area (Å²) in [5, 5.41) is 13.0. The number of fused-ring (bicyclic) bond motifs is 1. The summed E-state index contributed by atoms with van der Waals surface area (Å²) in [5.41, 5.74) is 1.43. The number of benzene rings is 1. The minimum absolute atomic E-state index is 0.0326. The maximum Gasteiger partial charge on any atom is 0.224 e. The van der Waals surface area contributed by atoms with Gasteiger partial charge in [0.05, 0.1) is 17.0 Å². The number of carbonyl (C=O) groups excluding carboxylic acids is 1. The van der Waals surface area contributed by atoms with E-state index in [2.05, 4.69) is 16.4 Å². The number of para-hydroxylation sites is 1. The van der Waals surface area contributed by atoms with Crippen LogP contribution in [-0.2, 0) is 4.79 Å². The molecule has 1 aromatic heterocycles. The lowest BCUT2D eigenvalue weighted by molar-refractivity contribution is -0.123. The lowest BCUT2D eigenvalue weighted by Gasteiger charge is -2.19. The van der Waals surface area contributed by atoms with Crippen LogP contribution in [0.4, 0.5) is 5.82 Å². The van der Waals surface area contributed by atoms with E-state index in [0.717, 1.165) is 23.9 Å². The fourth-order valence-electron chi connectivity index (χ4n) is 2.80. The van der Waals surface area contributed by atoms with E-state index in [1.807, 2.05) is 35.2 Å². The monoisotopic (exact) mass is 280 g/mol. The highest BCUT2D eigenvalue weighted by molar-refractivity contribution is 5.84. The van der Waals surface area contributed by atoms with Crippen LogP contribution in [-0.4, -0.2) is 31.0 Å². The zero-order chi connectivity index (χ0) is 14.8. The first-order valence-corrected chi connectivity index (χ1v) is 6.99. The number of hydrogen-bond acceptors (Lipinski definition) is 4. The number of anilines is 1. The van der Waals surface area contributed by atoms with Gasteiger partial charge in [-0.1, -0.05) is 18.2 Å². The number of hydrogen-bond donors (Lipinski definition) is 1. The zero-order valence-corrected chi connectivity index (χ0v) is 11.8. The van der Waals surface area contributed by atoms with Gasteiger partial charge in [0.1, 0.15) is 11.9 Å². The summed E-state index contributed by atoms with van der Waals surface area (Å²) in [4.78, 5) is 18.4. The molecule has 0 radical (unpaired) electrons. The van der Waals surface area contributed by atoms with Gasteiger partial charge in [0.15, 0.2) is 0 Å². The van der Waals surface area contributed by atoms with Crippen molar-refractivity contribution >= 4 is 22.6 Å². The molecule has 1 N–H and O–H groups in total. The van der Waals surface area contributed by atoms with Crippen molar-refractivity contribution in [2.75, 3.05) is 25.0 Å². The van der Waals surface area contributed by atoms with Crippen molar-refractivity contribution in [3.8, 4) is 6.07 Å². The Hall–Kier alpha value is -2.61. The Morgan fingerprint density at radius 1 is 1.48 bits per heavy atom. The van der Waals surface area contributed by atoms with E-state index in [0.29, 0.717) is 17.9 Å². The summed E-state index contributed by atoms with van der Waals surface area (Å²) in [6, 6.07) is 11.8. The number of nitrogens with one attached hydrogen (secondary N) is 1. The Balaban J connectivity index is 1.97. The van der Waals surface area contributed by atoms with Crippen molar-refractivity contribution < 1.29 is 4.79 Å². The van der Waals surface area contributed by atoms with Gasteiger partial charge in [-0.25, -0.2) is 4.98 Å². The molecule has 5 heteroatoms. The molecule has 1 fully saturated rings. The lowest BCUT2D eigenvalue weighted by Crippen LogP contribution is -2.30. The molecule has 3 rings (SSSR count). The molecule has 0 saturated carbocycles. The van der Waals surface area contributed by atoms with Crippen molar-refractivity contribution in [2.45, 2.75) is 6.42 Å². The topological polar surface area (TPSA) is 69.0 Å². The first-order chi connectivity index (χ1) is 10.2. The number of rotatable bonds is 2. The molecule has 1 saturated heterocycles. The third-order valence-electron chi connectivity index (χ3n) is 3.93. The average Bonchev–Trinajstić information content (AvgIpc) is 3.02. The second-order valence-corrected chi connectivity index (χ2v) is 5.21. The Bertz CT molecular complexity index is 735. The highest BCUT2D eigenvalue weighted by Gasteiger charge is 2.29. The second kappa shape index (κ2) is 5.41. The molecule has 1 aromatic carbocycles. The number of carbonyl (C=O) groups is 1. The van der Waals surface area contributed by atoms with Crippen molar-refractivity contribution in [3.05, 3.63) is 35.9 Å². The molecule has 2 aromatic rings. The number of amides is 1. The smallest absolute Gasteiger partial charge is 0.224 e. The van der Waals surface area contributed by atoms with Crippen LogP contribution >= 0.6 is 0 Å². The highest BCUT2D eigenvalue weighted by atomic mass is 16.1. The van der Waals surface area contributed by atoms with Crippen LogP contribution in [0, 0.1) is 17.2 Å². The fourth-order valence-corrected chi connectivity index (χ4v) is 2.80. The van der Waals surface area contributed by atoms with Gasteiger partial charge in [0, 0.05) is 25.5 Å². The van der Waals surface area contributed by atoms with Crippen LogP contribution in [0.5, 0.6) is 0 Å². The van der Waals surface area contributed by atoms with Gasteiger partial charge in [-0.3, -0.25) is 4.79 Å². The molecule has 1 aliphatic heterocycles. The number of pyridine rings is 1. The molecule has 0 bridgehead atoms. The van der Waals surface area contributed by atoms with E-state index < -0.39 is 0 Å². The van der Waals surface area contributed by atoms with E-state index in [1.165, 1.54) is 0 Å². The number of aromatic nitrogens is 1. The summed E-state index contributed by atoms with van der Waals surface area (Å²) in [6.07, 6.45) is 0.791. The summed E-state index contributed by atoms with van der Waals surface area (Å²) in [7, 11) is 1.65. The van der Waals surface area contributed by atoms with Crippen LogP contribution < -0.4 is 10.2 Å². The first-order valence-electron chi connectivity index (χ1n) is 6.99. The molecule has 1 unspecified atom stereocenters. The Kier molecular flexibility index (Phi) is 3.44. The second-order valence-electron chi connectivity index (χ2n) is 5.21. The Morgan fingerprint density at radius 3 is 3.05 bits per heavy atom. The van der Waals surface area contributed by atoms with Crippen molar-refractivity contribution in [1.82, 2.24) is 10.3 Å². The zero-order valence-electron chi connectivity index (χ0n) is 11.8. The quantitative estimate of drug-likeness (QED) is 0.908. The van der Waals surface area contributed by atoms with Gasteiger partial charge < -0.3 is 10.2 Å². The average molecular weight is 280 g/mol. The van der Waals surface area contributed by atoms with Crippen molar-refractivity contribution in [1.29, 1.82) is 5.26 Å². The van der Waals surface area contributed by atoms with E-state index in [9.17, 15) is 10.1 Å². The Morgan fingerprint density at radius 2 is 2.29 bits per heavy atom. The standard InChI is InChI=1S/C16H16N4O/c1-18-16(21)12-6-7-20(10-12)15-13(9-17)8-11-4-2-3-5-14(11)19-15/h2-5,8,12H,6-7,10H2,1H3,(H,18,21). The predicted octanol–water partition coefficient (Wildman–Crippen LogP) is 1.68. The molecule has 5 nitrogen and oxygen atoms in total. The summed E-state index contributed by atoms with van der Waals surface area (Å²) >= 11 is 0. The first kappa shape index (κ1) is 13.4. The predicted molar refractivity (Wildman–Crippen MR) is 80.8 cm³/mol. The summed E-state index contributed by atoms with van der Waals surface area (Å²) in [6.45, 7) is 1.36. The molecule has 0 spiro atoms. The maximum absolute atomic E-state index is 11.7. The fraction of sp³-hybridized carbons (Fsp3) is 0.312. The molecule has 1 atom stereocenters. The van der Waals surface area contributed by atoms with Crippen molar-refractivity contribution in [2.24, 2.45) is 5.92 Å². The van der Waals surface area contributed by atoms with E-state index >= 15 is 0 Å². The third kappa shape index (κ3) is 2.40. The van der Waals surface area contributed by atoms with Gasteiger partial charge in [-0.15, -0.1) is 0 Å². The SMILES string of the molecule is CNC(=O)C1CCN(c2nc3ccccc3cc2C#N)C1. The van der Waals surface area contributed by atoms with Gasteiger partial charge in [0.25, 0.3) is 0 Å². The molecule has 2 heterocycles. The van der Waals surface area contributed by atoms with Crippen molar-refractivity contribution in [3.63, 3.8) is 0 Å². The normalized spacial score (nSPS) is 17.7. The van der Waals surface area contributed by atoms with Gasteiger partial charge >= 0.3 is 0 Å². The van der Waals surface area contributed by atoms with Crippen LogP contribution in [0.2, 0.25) is 0 Å². The van der Waals surface area contributed by atoms with E-state index in [1.54, 1.807) is 7.05 Å². The summed E-state index contributed by atoms with van der Waals surface area (Å²) < 4.78 is 0. The van der Waals surface area contributed by atoms with Crippen LogP contribution in [0.3, 0.4) is 0 Å². The Labute approximate surface area is 123 Å². The van der Waals surface area contributed by atoms with Gasteiger partial charge in [0.2, 0.25) is 5.91 Å². The molecule has 106 valence electrons. The lowest BCUT2D eigenvalue weighted by atomic mass is 10.1.